The zero-order valence-corrected chi connectivity index (χ0v) is 17.7. The van der Waals surface area contributed by atoms with Crippen molar-refractivity contribution in [1.82, 2.24) is 14.8 Å². The van der Waals surface area contributed by atoms with Crippen LogP contribution in [0.5, 0.6) is 0 Å². The van der Waals surface area contributed by atoms with E-state index in [0.717, 1.165) is 23.4 Å². The number of carbonyl (C=O) groups excluding carboxylic acids is 1. The van der Waals surface area contributed by atoms with Crippen LogP contribution in [0.15, 0.2) is 47.6 Å². The first-order valence-corrected chi connectivity index (χ1v) is 10.7. The van der Waals surface area contributed by atoms with Crippen LogP contribution in [-0.2, 0) is 9.53 Å². The fraction of sp³-hybridized carbons (Fsp3) is 0.286. The maximum Gasteiger partial charge on any atom is 0.234 e. The van der Waals surface area contributed by atoms with Crippen LogP contribution < -0.4 is 10.2 Å². The molecule has 0 aliphatic carbocycles. The van der Waals surface area contributed by atoms with Gasteiger partial charge in [0.1, 0.15) is 11.6 Å². The molecule has 2 aromatic carbocycles. The highest BCUT2D eigenvalue weighted by Crippen LogP contribution is 2.27. The molecule has 1 fully saturated rings. The molecule has 0 atom stereocenters. The van der Waals surface area contributed by atoms with Crippen molar-refractivity contribution in [2.24, 2.45) is 0 Å². The van der Waals surface area contributed by atoms with Crippen LogP contribution in [0.4, 0.5) is 20.4 Å². The lowest BCUT2D eigenvalue weighted by molar-refractivity contribution is -0.113. The summed E-state index contributed by atoms with van der Waals surface area (Å²) >= 11 is 1.19. The van der Waals surface area contributed by atoms with E-state index < -0.39 is 17.5 Å². The number of hydrogen-bond donors (Lipinski definition) is 1. The van der Waals surface area contributed by atoms with Crippen molar-refractivity contribution in [3.05, 3.63) is 59.7 Å². The van der Waals surface area contributed by atoms with Gasteiger partial charge in [-0.1, -0.05) is 29.5 Å². The fourth-order valence-corrected chi connectivity index (χ4v) is 3.90. The summed E-state index contributed by atoms with van der Waals surface area (Å²) in [6, 6.07) is 11.0. The fourth-order valence-electron chi connectivity index (χ4n) is 3.15. The number of aryl methyl sites for hydroxylation is 1. The first kappa shape index (κ1) is 21.3. The molecule has 3 aromatic rings. The number of hydrogen-bond acceptors (Lipinski definition) is 6. The van der Waals surface area contributed by atoms with Gasteiger partial charge in [-0.3, -0.25) is 9.36 Å². The Kier molecular flexibility index (Phi) is 6.47. The molecule has 0 bridgehead atoms. The summed E-state index contributed by atoms with van der Waals surface area (Å²) in [6.07, 6.45) is 0. The SMILES string of the molecule is Cc1ccc(-n2c(SCC(=O)Nc3ccc(F)cc3F)nnc2N2CCOCC2)cc1. The molecule has 0 unspecified atom stereocenters. The summed E-state index contributed by atoms with van der Waals surface area (Å²) in [5.41, 5.74) is 1.94. The van der Waals surface area contributed by atoms with Gasteiger partial charge in [-0.25, -0.2) is 8.78 Å². The van der Waals surface area contributed by atoms with Gasteiger partial charge in [-0.2, -0.15) is 0 Å². The van der Waals surface area contributed by atoms with Crippen LogP contribution >= 0.6 is 11.8 Å². The molecule has 162 valence electrons. The van der Waals surface area contributed by atoms with Crippen LogP contribution in [0.25, 0.3) is 5.69 Å². The predicted molar refractivity (Wildman–Crippen MR) is 115 cm³/mol. The molecule has 10 heteroatoms. The van der Waals surface area contributed by atoms with E-state index >= 15 is 0 Å². The zero-order chi connectivity index (χ0) is 21.8. The molecule has 1 amide bonds. The van der Waals surface area contributed by atoms with Gasteiger partial charge in [0.05, 0.1) is 30.3 Å². The molecule has 2 heterocycles. The van der Waals surface area contributed by atoms with Crippen LogP contribution in [0.1, 0.15) is 5.56 Å². The Morgan fingerprint density at radius 3 is 2.58 bits per heavy atom. The summed E-state index contributed by atoms with van der Waals surface area (Å²) in [4.78, 5) is 14.4. The first-order chi connectivity index (χ1) is 15.0. The number of thioether (sulfide) groups is 1. The van der Waals surface area contributed by atoms with Crippen molar-refractivity contribution in [3.63, 3.8) is 0 Å². The second-order valence-electron chi connectivity index (χ2n) is 7.01. The highest BCUT2D eigenvalue weighted by Gasteiger charge is 2.22. The van der Waals surface area contributed by atoms with Gasteiger partial charge in [-0.05, 0) is 31.2 Å². The normalized spacial score (nSPS) is 14.0. The molecule has 4 rings (SSSR count). The lowest BCUT2D eigenvalue weighted by atomic mass is 10.2. The van der Waals surface area contributed by atoms with Gasteiger partial charge in [0, 0.05) is 19.2 Å². The van der Waals surface area contributed by atoms with E-state index in [-0.39, 0.29) is 11.4 Å². The molecule has 1 N–H and O–H groups in total. The smallest absolute Gasteiger partial charge is 0.234 e. The second-order valence-corrected chi connectivity index (χ2v) is 7.96. The van der Waals surface area contributed by atoms with Crippen molar-refractivity contribution < 1.29 is 18.3 Å². The Hall–Kier alpha value is -2.98. The minimum absolute atomic E-state index is 0.01000. The van der Waals surface area contributed by atoms with Gasteiger partial charge in [0.25, 0.3) is 0 Å². The average molecular weight is 445 g/mol. The Labute approximate surface area is 182 Å². The standard InChI is InChI=1S/C21H21F2N5O2S/c1-14-2-5-16(6-3-14)28-20(27-8-10-30-11-9-27)25-26-21(28)31-13-19(29)24-18-7-4-15(22)12-17(18)23/h2-7,12H,8-11,13H2,1H3,(H,24,29). The number of nitrogens with zero attached hydrogens (tertiary/aromatic N) is 4. The summed E-state index contributed by atoms with van der Waals surface area (Å²) in [5.74, 6) is -1.28. The van der Waals surface area contributed by atoms with Gasteiger partial charge >= 0.3 is 0 Å². The van der Waals surface area contributed by atoms with E-state index in [1.807, 2.05) is 35.8 Å². The van der Waals surface area contributed by atoms with E-state index in [4.69, 9.17) is 4.74 Å². The second kappa shape index (κ2) is 9.44. The van der Waals surface area contributed by atoms with Crippen molar-refractivity contribution in [1.29, 1.82) is 0 Å². The highest BCUT2D eigenvalue weighted by atomic mass is 32.2. The van der Waals surface area contributed by atoms with E-state index in [9.17, 15) is 13.6 Å². The number of carbonyl (C=O) groups is 1. The van der Waals surface area contributed by atoms with Gasteiger partial charge in [0.15, 0.2) is 5.16 Å². The molecule has 0 radical (unpaired) electrons. The molecule has 1 aliphatic rings. The Bertz CT molecular complexity index is 1070. The lowest BCUT2D eigenvalue weighted by Crippen LogP contribution is -2.37. The molecular formula is C21H21F2N5O2S. The number of nitrogens with one attached hydrogen (secondary N) is 1. The largest absolute Gasteiger partial charge is 0.378 e. The molecule has 1 aromatic heterocycles. The Balaban J connectivity index is 1.54. The monoisotopic (exact) mass is 445 g/mol. The summed E-state index contributed by atoms with van der Waals surface area (Å²) in [5, 5.41) is 11.6. The number of benzene rings is 2. The minimum atomic E-state index is -0.823. The third-order valence-corrected chi connectivity index (χ3v) is 5.67. The zero-order valence-electron chi connectivity index (χ0n) is 16.8. The van der Waals surface area contributed by atoms with Gasteiger partial charge in [0.2, 0.25) is 11.9 Å². The first-order valence-electron chi connectivity index (χ1n) is 9.74. The van der Waals surface area contributed by atoms with E-state index in [1.165, 1.54) is 17.8 Å². The van der Waals surface area contributed by atoms with Crippen molar-refractivity contribution >= 4 is 29.3 Å². The maximum absolute atomic E-state index is 13.8. The molecule has 1 aliphatic heterocycles. The molecule has 0 spiro atoms. The molecule has 7 nitrogen and oxygen atoms in total. The van der Waals surface area contributed by atoms with Crippen molar-refractivity contribution in [2.75, 3.05) is 42.3 Å². The predicted octanol–water partition coefficient (Wildman–Crippen LogP) is 3.42. The average Bonchev–Trinajstić information content (AvgIpc) is 3.19. The van der Waals surface area contributed by atoms with E-state index in [0.29, 0.717) is 37.4 Å². The molecule has 1 saturated heterocycles. The number of amides is 1. The van der Waals surface area contributed by atoms with Gasteiger partial charge in [-0.15, -0.1) is 10.2 Å². The number of rotatable bonds is 6. The number of aromatic nitrogens is 3. The maximum atomic E-state index is 13.8. The van der Waals surface area contributed by atoms with Crippen LogP contribution in [0, 0.1) is 18.6 Å². The van der Waals surface area contributed by atoms with E-state index in [2.05, 4.69) is 20.4 Å². The quantitative estimate of drug-likeness (QED) is 0.587. The highest BCUT2D eigenvalue weighted by molar-refractivity contribution is 7.99. The van der Waals surface area contributed by atoms with Crippen LogP contribution in [-0.4, -0.2) is 52.7 Å². The Morgan fingerprint density at radius 2 is 1.87 bits per heavy atom. The number of ether oxygens (including phenoxy) is 1. The Morgan fingerprint density at radius 1 is 1.13 bits per heavy atom. The summed E-state index contributed by atoms with van der Waals surface area (Å²) < 4.78 is 34.2. The number of morpholine rings is 1. The summed E-state index contributed by atoms with van der Waals surface area (Å²) in [6.45, 7) is 4.61. The van der Waals surface area contributed by atoms with Crippen molar-refractivity contribution in [2.45, 2.75) is 12.1 Å². The van der Waals surface area contributed by atoms with Crippen molar-refractivity contribution in [3.8, 4) is 5.69 Å². The third-order valence-electron chi connectivity index (χ3n) is 4.74. The van der Waals surface area contributed by atoms with Crippen LogP contribution in [0.3, 0.4) is 0 Å². The number of halogens is 2. The molecule has 31 heavy (non-hydrogen) atoms. The molecular weight excluding hydrogens is 424 g/mol. The summed E-state index contributed by atoms with van der Waals surface area (Å²) in [7, 11) is 0. The lowest BCUT2D eigenvalue weighted by Gasteiger charge is -2.27. The minimum Gasteiger partial charge on any atom is -0.378 e. The number of anilines is 2. The van der Waals surface area contributed by atoms with Crippen LogP contribution in [0.2, 0.25) is 0 Å². The molecule has 0 saturated carbocycles. The topological polar surface area (TPSA) is 72.3 Å². The van der Waals surface area contributed by atoms with Gasteiger partial charge < -0.3 is 15.0 Å². The van der Waals surface area contributed by atoms with E-state index in [1.54, 1.807) is 0 Å². The third kappa shape index (κ3) is 5.02.